The molecule has 0 aliphatic carbocycles. The standard InChI is InChI=1S/C22H21FN6O2S/c1-27-10-14(9-24)13-7-17(23)21(25)29(12-13)22(26)32-15-3-4-18-16(8-15)20-19(11-28-18)30-5-2-6-31-20/h3-4,7-12,14,24-26H,2,5-6H2,1H3. The van der Waals surface area contributed by atoms with Crippen LogP contribution in [0.15, 0.2) is 46.5 Å². The molecule has 3 heterocycles. The van der Waals surface area contributed by atoms with Gasteiger partial charge in [0.15, 0.2) is 28.0 Å². The number of fused-ring (bicyclic) bond motifs is 3. The van der Waals surface area contributed by atoms with Crippen molar-refractivity contribution in [2.24, 2.45) is 4.99 Å². The van der Waals surface area contributed by atoms with E-state index in [0.29, 0.717) is 35.2 Å². The van der Waals surface area contributed by atoms with Gasteiger partial charge in [0.25, 0.3) is 0 Å². The van der Waals surface area contributed by atoms with Gasteiger partial charge >= 0.3 is 0 Å². The Morgan fingerprint density at radius 3 is 2.91 bits per heavy atom. The van der Waals surface area contributed by atoms with Gasteiger partial charge in [0.1, 0.15) is 0 Å². The lowest BCUT2D eigenvalue weighted by atomic mass is 10.0. The van der Waals surface area contributed by atoms with Crippen molar-refractivity contribution >= 4 is 40.3 Å². The van der Waals surface area contributed by atoms with E-state index in [1.165, 1.54) is 18.5 Å². The Bertz CT molecular complexity index is 1290. The average molecular weight is 453 g/mol. The number of hydrogen-bond donors (Lipinski definition) is 3. The van der Waals surface area contributed by atoms with Crippen molar-refractivity contribution in [1.29, 1.82) is 16.2 Å². The predicted molar refractivity (Wildman–Crippen MR) is 123 cm³/mol. The number of aliphatic imine (C=N–C) groups is 1. The second kappa shape index (κ2) is 9.31. The first-order valence-corrected chi connectivity index (χ1v) is 10.7. The van der Waals surface area contributed by atoms with Crippen molar-refractivity contribution < 1.29 is 13.9 Å². The summed E-state index contributed by atoms with van der Waals surface area (Å²) in [6, 6.07) is 6.69. The summed E-state index contributed by atoms with van der Waals surface area (Å²) in [7, 11) is 1.57. The van der Waals surface area contributed by atoms with Crippen molar-refractivity contribution in [2.45, 2.75) is 17.2 Å². The zero-order chi connectivity index (χ0) is 22.7. The summed E-state index contributed by atoms with van der Waals surface area (Å²) in [6.45, 7) is 1.10. The fourth-order valence-electron chi connectivity index (χ4n) is 3.33. The highest BCUT2D eigenvalue weighted by Gasteiger charge is 2.17. The second-order valence-corrected chi connectivity index (χ2v) is 8.09. The normalized spacial score (nSPS) is 14.3. The highest BCUT2D eigenvalue weighted by Crippen LogP contribution is 2.37. The van der Waals surface area contributed by atoms with Crippen LogP contribution < -0.4 is 15.0 Å². The minimum atomic E-state index is -0.775. The first kappa shape index (κ1) is 21.7. The molecule has 0 saturated heterocycles. The van der Waals surface area contributed by atoms with Crippen molar-refractivity contribution in [2.75, 3.05) is 20.3 Å². The van der Waals surface area contributed by atoms with E-state index < -0.39 is 17.2 Å². The van der Waals surface area contributed by atoms with Crippen molar-refractivity contribution in [1.82, 2.24) is 9.55 Å². The van der Waals surface area contributed by atoms with Gasteiger partial charge in [-0.05, 0) is 29.8 Å². The van der Waals surface area contributed by atoms with E-state index in [4.69, 9.17) is 25.7 Å². The van der Waals surface area contributed by atoms with Crippen molar-refractivity contribution in [3.63, 3.8) is 0 Å². The van der Waals surface area contributed by atoms with Gasteiger partial charge < -0.3 is 14.9 Å². The van der Waals surface area contributed by atoms with Crippen LogP contribution in [-0.4, -0.2) is 47.4 Å². The molecule has 4 rings (SSSR count). The fraction of sp³-hybridized carbons (Fsp3) is 0.227. The molecule has 1 aliphatic rings. The fourth-order valence-corrected chi connectivity index (χ4v) is 4.11. The third-order valence-corrected chi connectivity index (χ3v) is 5.78. The van der Waals surface area contributed by atoms with E-state index in [1.807, 2.05) is 18.2 Å². The van der Waals surface area contributed by atoms with Gasteiger partial charge in [-0.3, -0.25) is 25.4 Å². The summed E-state index contributed by atoms with van der Waals surface area (Å²) in [6.07, 6.45) is 6.56. The quantitative estimate of drug-likeness (QED) is 0.317. The molecule has 0 spiro atoms. The molecular formula is C22H21FN6O2S. The van der Waals surface area contributed by atoms with E-state index >= 15 is 0 Å². The molecule has 0 saturated carbocycles. The number of rotatable bonds is 4. The summed E-state index contributed by atoms with van der Waals surface area (Å²) in [5.74, 6) is -0.114. The molecule has 0 bridgehead atoms. The molecule has 32 heavy (non-hydrogen) atoms. The van der Waals surface area contributed by atoms with E-state index in [9.17, 15) is 4.39 Å². The van der Waals surface area contributed by atoms with Crippen molar-refractivity contribution in [3.8, 4) is 11.5 Å². The number of nitrogens with one attached hydrogen (secondary N) is 3. The molecule has 1 aromatic carbocycles. The largest absolute Gasteiger partial charge is 0.489 e. The highest BCUT2D eigenvalue weighted by molar-refractivity contribution is 8.13. The Labute approximate surface area is 187 Å². The molecule has 1 atom stereocenters. The molecule has 2 aromatic heterocycles. The third-order valence-electron chi connectivity index (χ3n) is 4.90. The first-order valence-electron chi connectivity index (χ1n) is 9.86. The van der Waals surface area contributed by atoms with Crippen LogP contribution in [0.2, 0.25) is 0 Å². The highest BCUT2D eigenvalue weighted by atomic mass is 32.2. The molecule has 0 radical (unpaired) electrons. The molecule has 1 aliphatic heterocycles. The Balaban J connectivity index is 1.70. The molecule has 3 aromatic rings. The molecular weight excluding hydrogens is 431 g/mol. The minimum Gasteiger partial charge on any atom is -0.489 e. The number of ether oxygens (including phenoxy) is 2. The summed E-state index contributed by atoms with van der Waals surface area (Å²) >= 11 is 1.08. The van der Waals surface area contributed by atoms with Crippen LogP contribution in [0.4, 0.5) is 4.39 Å². The number of aromatic nitrogens is 2. The minimum absolute atomic E-state index is 0.0561. The lowest BCUT2D eigenvalue weighted by Crippen LogP contribution is -2.28. The maximum atomic E-state index is 14.4. The van der Waals surface area contributed by atoms with Crippen LogP contribution in [-0.2, 0) is 0 Å². The van der Waals surface area contributed by atoms with Crippen LogP contribution in [0.25, 0.3) is 10.9 Å². The smallest absolute Gasteiger partial charge is 0.180 e. The second-order valence-electron chi connectivity index (χ2n) is 7.03. The maximum absolute atomic E-state index is 14.4. The van der Waals surface area contributed by atoms with Gasteiger partial charge in [0.2, 0.25) is 0 Å². The molecule has 0 amide bonds. The lowest BCUT2D eigenvalue weighted by Gasteiger charge is -2.14. The summed E-state index contributed by atoms with van der Waals surface area (Å²) in [5.41, 5.74) is 0.735. The molecule has 10 heteroatoms. The molecule has 3 N–H and O–H groups in total. The van der Waals surface area contributed by atoms with Crippen LogP contribution in [0.5, 0.6) is 11.5 Å². The van der Waals surface area contributed by atoms with Gasteiger partial charge in [-0.25, -0.2) is 4.39 Å². The first-order chi connectivity index (χ1) is 15.5. The molecule has 164 valence electrons. The van der Waals surface area contributed by atoms with Gasteiger partial charge in [-0.2, -0.15) is 0 Å². The van der Waals surface area contributed by atoms with Gasteiger partial charge in [-0.1, -0.05) is 11.8 Å². The number of benzene rings is 1. The summed E-state index contributed by atoms with van der Waals surface area (Å²) < 4.78 is 27.2. The van der Waals surface area contributed by atoms with E-state index in [0.717, 1.165) is 39.9 Å². The van der Waals surface area contributed by atoms with Gasteiger partial charge in [0, 0.05) is 42.4 Å². The number of halogens is 1. The number of pyridine rings is 2. The van der Waals surface area contributed by atoms with Crippen LogP contribution in [0.1, 0.15) is 17.9 Å². The van der Waals surface area contributed by atoms with Crippen LogP contribution in [0, 0.1) is 22.0 Å². The zero-order valence-corrected chi connectivity index (χ0v) is 18.1. The SMILES string of the molecule is CN=CC(C=N)c1cc(F)c(=N)n(C(=N)Sc2ccc3ncc4c(c3c2)OCCCO4)c1. The van der Waals surface area contributed by atoms with E-state index in [-0.39, 0.29) is 5.17 Å². The Morgan fingerprint density at radius 1 is 1.31 bits per heavy atom. The number of hydrogen-bond acceptors (Lipinski definition) is 8. The lowest BCUT2D eigenvalue weighted by molar-refractivity contribution is 0.297. The summed E-state index contributed by atoms with van der Waals surface area (Å²) in [4.78, 5) is 9.03. The Hall–Kier alpha value is -3.53. The van der Waals surface area contributed by atoms with Crippen molar-refractivity contribution in [3.05, 3.63) is 53.5 Å². The Morgan fingerprint density at radius 2 is 2.12 bits per heavy atom. The van der Waals surface area contributed by atoms with Gasteiger partial charge in [0.05, 0.1) is 30.8 Å². The van der Waals surface area contributed by atoms with Crippen LogP contribution >= 0.6 is 11.8 Å². The summed E-state index contributed by atoms with van der Waals surface area (Å²) in [5, 5.41) is 24.9. The van der Waals surface area contributed by atoms with E-state index in [2.05, 4.69) is 9.98 Å². The number of thioether (sulfide) groups is 1. The monoisotopic (exact) mass is 452 g/mol. The molecule has 0 fully saturated rings. The predicted octanol–water partition coefficient (Wildman–Crippen LogP) is 3.83. The van der Waals surface area contributed by atoms with Gasteiger partial charge in [-0.15, -0.1) is 0 Å². The molecule has 8 nitrogen and oxygen atoms in total. The topological polar surface area (TPSA) is 120 Å². The average Bonchev–Trinajstić information content (AvgIpc) is 3.05. The third kappa shape index (κ3) is 4.26. The maximum Gasteiger partial charge on any atom is 0.180 e. The number of nitrogens with zero attached hydrogens (tertiary/aromatic N) is 3. The molecule has 1 unspecified atom stereocenters. The van der Waals surface area contributed by atoms with E-state index in [1.54, 1.807) is 13.2 Å². The van der Waals surface area contributed by atoms with Crippen LogP contribution in [0.3, 0.4) is 0 Å². The zero-order valence-electron chi connectivity index (χ0n) is 17.3. The Kier molecular flexibility index (Phi) is 6.31.